The number of anilines is 1. The van der Waals surface area contributed by atoms with Crippen LogP contribution in [0.1, 0.15) is 0 Å². The molecule has 38 heavy (non-hydrogen) atoms. The Morgan fingerprint density at radius 2 is 1.58 bits per heavy atom. The number of para-hydroxylation sites is 2. The molecule has 6 nitrogen and oxygen atoms in total. The lowest BCUT2D eigenvalue weighted by Gasteiger charge is -2.12. The minimum absolute atomic E-state index is 0.127. The van der Waals surface area contributed by atoms with Crippen LogP contribution in [-0.4, -0.2) is 31.4 Å². The molecule has 0 saturated carbocycles. The SMILES string of the molecule is O=C(CSc1nnc(-c2c[nH]c3ccccc23)n1-c1ccc(Cl)cc1)Nc1ccccc1-c1ccccc1. The quantitative estimate of drug-likeness (QED) is 0.208. The molecular formula is C30H22ClN5OS. The van der Waals surface area contributed by atoms with Crippen LogP contribution in [0.2, 0.25) is 5.02 Å². The smallest absolute Gasteiger partial charge is 0.234 e. The normalized spacial score (nSPS) is 11.1. The number of carbonyl (C=O) groups is 1. The van der Waals surface area contributed by atoms with Crippen molar-refractivity contribution >= 4 is 45.9 Å². The Balaban J connectivity index is 1.29. The first-order valence-electron chi connectivity index (χ1n) is 12.0. The molecule has 0 fully saturated rings. The zero-order chi connectivity index (χ0) is 25.9. The predicted molar refractivity (Wildman–Crippen MR) is 155 cm³/mol. The first kappa shape index (κ1) is 24.0. The van der Waals surface area contributed by atoms with Gasteiger partial charge in [-0.1, -0.05) is 90.1 Å². The molecule has 8 heteroatoms. The average Bonchev–Trinajstić information content (AvgIpc) is 3.57. The molecule has 0 aliphatic heterocycles. The zero-order valence-corrected chi connectivity index (χ0v) is 21.7. The van der Waals surface area contributed by atoms with E-state index in [0.29, 0.717) is 16.0 Å². The van der Waals surface area contributed by atoms with Crippen LogP contribution < -0.4 is 5.32 Å². The molecule has 0 unspecified atom stereocenters. The number of rotatable bonds is 7. The molecule has 0 spiro atoms. The fourth-order valence-corrected chi connectivity index (χ4v) is 5.27. The standard InChI is InChI=1S/C30H22ClN5OS/c31-21-14-16-22(17-15-21)36-29(25-18-32-26-12-6-5-11-24(25)26)34-35-30(36)38-19-28(37)33-27-13-7-4-10-23(27)20-8-2-1-3-9-20/h1-18,32H,19H2,(H,33,37). The highest BCUT2D eigenvalue weighted by molar-refractivity contribution is 7.99. The number of carbonyl (C=O) groups excluding carboxylic acids is 1. The van der Waals surface area contributed by atoms with E-state index in [9.17, 15) is 4.79 Å². The van der Waals surface area contributed by atoms with E-state index in [1.54, 1.807) is 0 Å². The summed E-state index contributed by atoms with van der Waals surface area (Å²) in [5.41, 5.74) is 5.58. The maximum atomic E-state index is 13.1. The van der Waals surface area contributed by atoms with Gasteiger partial charge in [-0.2, -0.15) is 0 Å². The Bertz CT molecular complexity index is 1730. The summed E-state index contributed by atoms with van der Waals surface area (Å²) in [5, 5.41) is 14.4. The van der Waals surface area contributed by atoms with Crippen LogP contribution in [0.15, 0.2) is 114 Å². The number of nitrogens with one attached hydrogen (secondary N) is 2. The van der Waals surface area contributed by atoms with Gasteiger partial charge in [-0.3, -0.25) is 9.36 Å². The molecule has 4 aromatic carbocycles. The summed E-state index contributed by atoms with van der Waals surface area (Å²) in [4.78, 5) is 16.4. The molecule has 2 N–H and O–H groups in total. The first-order valence-corrected chi connectivity index (χ1v) is 13.4. The molecule has 1 amide bonds. The van der Waals surface area contributed by atoms with Gasteiger partial charge >= 0.3 is 0 Å². The van der Waals surface area contributed by atoms with Crippen LogP contribution in [0, 0.1) is 0 Å². The summed E-state index contributed by atoms with van der Waals surface area (Å²) in [6.45, 7) is 0. The lowest BCUT2D eigenvalue weighted by molar-refractivity contribution is -0.113. The highest BCUT2D eigenvalue weighted by Crippen LogP contribution is 2.33. The van der Waals surface area contributed by atoms with Gasteiger partial charge in [-0.15, -0.1) is 10.2 Å². The van der Waals surface area contributed by atoms with E-state index >= 15 is 0 Å². The second-order valence-electron chi connectivity index (χ2n) is 8.61. The Morgan fingerprint density at radius 3 is 2.42 bits per heavy atom. The van der Waals surface area contributed by atoms with E-state index in [4.69, 9.17) is 11.6 Å². The Morgan fingerprint density at radius 1 is 0.842 bits per heavy atom. The largest absolute Gasteiger partial charge is 0.360 e. The van der Waals surface area contributed by atoms with Crippen LogP contribution in [0.25, 0.3) is 39.1 Å². The summed E-state index contributed by atoms with van der Waals surface area (Å²) in [7, 11) is 0. The van der Waals surface area contributed by atoms with Gasteiger partial charge in [0.1, 0.15) is 0 Å². The van der Waals surface area contributed by atoms with Gasteiger partial charge in [-0.25, -0.2) is 0 Å². The van der Waals surface area contributed by atoms with Crippen molar-refractivity contribution < 1.29 is 4.79 Å². The fourth-order valence-electron chi connectivity index (χ4n) is 4.40. The van der Waals surface area contributed by atoms with Crippen molar-refractivity contribution in [2.45, 2.75) is 5.16 Å². The maximum Gasteiger partial charge on any atom is 0.234 e. The molecule has 6 rings (SSSR count). The summed E-state index contributed by atoms with van der Waals surface area (Å²) in [6, 6.07) is 33.4. The van der Waals surface area contributed by atoms with Crippen molar-refractivity contribution in [3.05, 3.63) is 114 Å². The van der Waals surface area contributed by atoms with Crippen LogP contribution in [0.5, 0.6) is 0 Å². The van der Waals surface area contributed by atoms with Crippen LogP contribution in [0.3, 0.4) is 0 Å². The highest BCUT2D eigenvalue weighted by atomic mass is 35.5. The number of aromatic nitrogens is 4. The number of nitrogens with zero attached hydrogens (tertiary/aromatic N) is 3. The van der Waals surface area contributed by atoms with Gasteiger partial charge in [0.25, 0.3) is 0 Å². The molecule has 2 heterocycles. The Labute approximate surface area is 228 Å². The molecule has 0 aliphatic carbocycles. The third kappa shape index (κ3) is 4.81. The number of hydrogen-bond acceptors (Lipinski definition) is 4. The number of thioether (sulfide) groups is 1. The van der Waals surface area contributed by atoms with Gasteiger partial charge in [0, 0.05) is 44.6 Å². The van der Waals surface area contributed by atoms with Crippen LogP contribution in [-0.2, 0) is 4.79 Å². The van der Waals surface area contributed by atoms with Crippen LogP contribution in [0.4, 0.5) is 5.69 Å². The van der Waals surface area contributed by atoms with Gasteiger partial charge in [0.2, 0.25) is 5.91 Å². The van der Waals surface area contributed by atoms with Crippen molar-refractivity contribution in [1.82, 2.24) is 19.7 Å². The number of fused-ring (bicyclic) bond motifs is 1. The second kappa shape index (κ2) is 10.6. The van der Waals surface area contributed by atoms with Crippen molar-refractivity contribution in [2.24, 2.45) is 0 Å². The Kier molecular flexibility index (Phi) is 6.69. The molecule has 0 saturated heterocycles. The molecular weight excluding hydrogens is 514 g/mol. The lowest BCUT2D eigenvalue weighted by atomic mass is 10.0. The fraction of sp³-hybridized carbons (Fsp3) is 0.0333. The predicted octanol–water partition coefficient (Wildman–Crippen LogP) is 7.47. The lowest BCUT2D eigenvalue weighted by Crippen LogP contribution is -2.15. The van der Waals surface area contributed by atoms with E-state index in [0.717, 1.165) is 39.0 Å². The minimum Gasteiger partial charge on any atom is -0.360 e. The van der Waals surface area contributed by atoms with Gasteiger partial charge in [0.05, 0.1) is 5.75 Å². The second-order valence-corrected chi connectivity index (χ2v) is 9.99. The molecule has 2 aromatic heterocycles. The number of benzene rings is 4. The summed E-state index contributed by atoms with van der Waals surface area (Å²) < 4.78 is 1.96. The first-order chi connectivity index (χ1) is 18.7. The topological polar surface area (TPSA) is 75.6 Å². The van der Waals surface area contributed by atoms with Crippen molar-refractivity contribution in [2.75, 3.05) is 11.1 Å². The average molecular weight is 536 g/mol. The molecule has 0 radical (unpaired) electrons. The number of halogens is 1. The van der Waals surface area contributed by atoms with Crippen LogP contribution >= 0.6 is 23.4 Å². The number of H-pyrrole nitrogens is 1. The maximum absolute atomic E-state index is 13.1. The van der Waals surface area contributed by atoms with Crippen molar-refractivity contribution in [1.29, 1.82) is 0 Å². The third-order valence-corrected chi connectivity index (χ3v) is 7.35. The molecule has 0 atom stereocenters. The summed E-state index contributed by atoms with van der Waals surface area (Å²) in [6.07, 6.45) is 1.93. The van der Waals surface area contributed by atoms with Gasteiger partial charge < -0.3 is 10.3 Å². The number of hydrogen-bond donors (Lipinski definition) is 2. The zero-order valence-electron chi connectivity index (χ0n) is 20.1. The molecule has 0 bridgehead atoms. The molecule has 186 valence electrons. The van der Waals surface area contributed by atoms with Crippen molar-refractivity contribution in [3.8, 4) is 28.2 Å². The summed E-state index contributed by atoms with van der Waals surface area (Å²) in [5.74, 6) is 0.725. The van der Waals surface area contributed by atoms with E-state index in [1.165, 1.54) is 11.8 Å². The molecule has 0 aliphatic rings. The highest BCUT2D eigenvalue weighted by Gasteiger charge is 2.20. The monoisotopic (exact) mass is 535 g/mol. The van der Waals surface area contributed by atoms with Gasteiger partial charge in [0.15, 0.2) is 11.0 Å². The van der Waals surface area contributed by atoms with E-state index < -0.39 is 0 Å². The minimum atomic E-state index is -0.127. The van der Waals surface area contributed by atoms with Gasteiger partial charge in [-0.05, 0) is 42.0 Å². The molecule has 6 aromatic rings. The van der Waals surface area contributed by atoms with E-state index in [1.807, 2.05) is 114 Å². The van der Waals surface area contributed by atoms with E-state index in [-0.39, 0.29) is 11.7 Å². The number of aromatic amines is 1. The van der Waals surface area contributed by atoms with Crippen molar-refractivity contribution in [3.63, 3.8) is 0 Å². The number of amides is 1. The third-order valence-electron chi connectivity index (χ3n) is 6.17. The summed E-state index contributed by atoms with van der Waals surface area (Å²) >= 11 is 7.50. The Hall–Kier alpha value is -4.33. The van der Waals surface area contributed by atoms with E-state index in [2.05, 4.69) is 20.5 Å².